The maximum absolute atomic E-state index is 12.3. The second-order valence-electron chi connectivity index (χ2n) is 9.19. The minimum atomic E-state index is -0.174. The van der Waals surface area contributed by atoms with Crippen LogP contribution in [0.5, 0.6) is 5.88 Å². The van der Waals surface area contributed by atoms with E-state index in [0.29, 0.717) is 24.5 Å². The number of nitrogens with zero attached hydrogens (tertiary/aromatic N) is 1. The van der Waals surface area contributed by atoms with Crippen LogP contribution in [0.2, 0.25) is 0 Å². The van der Waals surface area contributed by atoms with Crippen molar-refractivity contribution in [1.82, 2.24) is 15.6 Å². The first-order valence-corrected chi connectivity index (χ1v) is 12.1. The van der Waals surface area contributed by atoms with E-state index in [2.05, 4.69) is 34.4 Å². The van der Waals surface area contributed by atoms with Crippen molar-refractivity contribution in [2.75, 3.05) is 13.7 Å². The smallest absolute Gasteiger partial charge is 0.251 e. The molecule has 2 fully saturated rings. The Hall–Kier alpha value is -3.40. The number of pyridine rings is 1. The largest absolute Gasteiger partial charge is 0.475 e. The molecule has 0 radical (unpaired) electrons. The van der Waals surface area contributed by atoms with Crippen LogP contribution in [0.1, 0.15) is 61.4 Å². The van der Waals surface area contributed by atoms with E-state index in [-0.39, 0.29) is 35.6 Å². The zero-order chi connectivity index (χ0) is 24.1. The molecule has 2 aromatic rings. The molecule has 1 saturated carbocycles. The number of aldehydes is 1. The molecular weight excluding hydrogens is 430 g/mol. The second-order valence-corrected chi connectivity index (χ2v) is 9.19. The topological polar surface area (TPSA) is 97.4 Å². The van der Waals surface area contributed by atoms with Crippen molar-refractivity contribution in [2.24, 2.45) is 17.8 Å². The van der Waals surface area contributed by atoms with Crippen LogP contribution in [0.3, 0.4) is 0 Å². The third-order valence-electron chi connectivity index (χ3n) is 7.00. The Labute approximate surface area is 200 Å². The zero-order valence-corrected chi connectivity index (χ0v) is 19.7. The predicted molar refractivity (Wildman–Crippen MR) is 129 cm³/mol. The Balaban J connectivity index is 1.61. The fourth-order valence-corrected chi connectivity index (χ4v) is 4.83. The van der Waals surface area contributed by atoms with E-state index < -0.39 is 0 Å². The quantitative estimate of drug-likeness (QED) is 0.508. The van der Waals surface area contributed by atoms with Gasteiger partial charge in [-0.2, -0.15) is 0 Å². The molecule has 2 unspecified atom stereocenters. The van der Waals surface area contributed by atoms with Crippen LogP contribution < -0.4 is 15.4 Å². The van der Waals surface area contributed by atoms with Crippen LogP contribution in [0, 0.1) is 29.6 Å². The lowest BCUT2D eigenvalue weighted by atomic mass is 9.83. The summed E-state index contributed by atoms with van der Waals surface area (Å²) in [4.78, 5) is 39.6. The molecule has 1 aromatic carbocycles. The van der Waals surface area contributed by atoms with Crippen molar-refractivity contribution in [3.63, 3.8) is 0 Å². The van der Waals surface area contributed by atoms with Gasteiger partial charge in [-0.25, -0.2) is 4.98 Å². The molecule has 2 amide bonds. The Morgan fingerprint density at radius 1 is 1.26 bits per heavy atom. The number of fused-ring (bicyclic) bond motifs is 1. The number of nitrogens with one attached hydrogen (secondary N) is 2. The van der Waals surface area contributed by atoms with Crippen LogP contribution in [0.4, 0.5) is 0 Å². The van der Waals surface area contributed by atoms with Gasteiger partial charge in [0, 0.05) is 47.8 Å². The molecule has 2 N–H and O–H groups in total. The molecule has 7 heteroatoms. The minimum Gasteiger partial charge on any atom is -0.475 e. The van der Waals surface area contributed by atoms with Gasteiger partial charge in [-0.05, 0) is 49.8 Å². The van der Waals surface area contributed by atoms with Crippen molar-refractivity contribution in [2.45, 2.75) is 51.5 Å². The Kier molecular flexibility index (Phi) is 7.46. The Morgan fingerprint density at radius 3 is 2.76 bits per heavy atom. The van der Waals surface area contributed by atoms with Gasteiger partial charge in [0.05, 0.1) is 11.6 Å². The maximum atomic E-state index is 12.3. The lowest BCUT2D eigenvalue weighted by Gasteiger charge is -2.21. The van der Waals surface area contributed by atoms with Crippen molar-refractivity contribution in [3.05, 3.63) is 35.5 Å². The van der Waals surface area contributed by atoms with Crippen molar-refractivity contribution in [3.8, 4) is 17.7 Å². The van der Waals surface area contributed by atoms with Crippen LogP contribution in [-0.2, 0) is 9.59 Å². The van der Waals surface area contributed by atoms with Crippen LogP contribution in [0.15, 0.2) is 24.4 Å². The number of carbonyl (C=O) groups is 3. The van der Waals surface area contributed by atoms with Gasteiger partial charge in [0.1, 0.15) is 12.9 Å². The normalized spacial score (nSPS) is 24.1. The molecule has 2 heterocycles. The highest BCUT2D eigenvalue weighted by Crippen LogP contribution is 2.30. The first-order valence-electron chi connectivity index (χ1n) is 12.1. The van der Waals surface area contributed by atoms with Crippen LogP contribution in [0.25, 0.3) is 10.8 Å². The Bertz CT molecular complexity index is 1140. The summed E-state index contributed by atoms with van der Waals surface area (Å²) in [6.07, 6.45) is 7.77. The molecule has 1 aliphatic heterocycles. The fourth-order valence-electron chi connectivity index (χ4n) is 4.83. The molecule has 0 bridgehead atoms. The number of rotatable bonds is 6. The van der Waals surface area contributed by atoms with Gasteiger partial charge in [0.15, 0.2) is 0 Å². The van der Waals surface area contributed by atoms with E-state index in [1.54, 1.807) is 19.3 Å². The predicted octanol–water partition coefficient (Wildman–Crippen LogP) is 3.24. The molecule has 2 aliphatic rings. The van der Waals surface area contributed by atoms with Gasteiger partial charge in [-0.1, -0.05) is 25.2 Å². The number of aromatic nitrogens is 1. The molecule has 0 spiro atoms. The molecule has 1 aliphatic carbocycles. The zero-order valence-electron chi connectivity index (χ0n) is 19.7. The van der Waals surface area contributed by atoms with Gasteiger partial charge in [-0.3, -0.25) is 9.59 Å². The summed E-state index contributed by atoms with van der Waals surface area (Å²) in [6.45, 7) is 2.42. The van der Waals surface area contributed by atoms with Crippen LogP contribution in [-0.4, -0.2) is 42.8 Å². The van der Waals surface area contributed by atoms with E-state index in [4.69, 9.17) is 4.74 Å². The number of carbonyl (C=O) groups excluding carboxylic acids is 3. The van der Waals surface area contributed by atoms with E-state index in [9.17, 15) is 14.4 Å². The maximum Gasteiger partial charge on any atom is 0.251 e. The average Bonchev–Trinajstić information content (AvgIpc) is 3.25. The highest BCUT2D eigenvalue weighted by molar-refractivity contribution is 6.01. The molecule has 34 heavy (non-hydrogen) atoms. The summed E-state index contributed by atoms with van der Waals surface area (Å²) < 4.78 is 6.08. The number of hydrogen-bond donors (Lipinski definition) is 2. The molecule has 4 rings (SSSR count). The number of hydrogen-bond acceptors (Lipinski definition) is 5. The van der Waals surface area contributed by atoms with E-state index in [0.717, 1.165) is 54.7 Å². The van der Waals surface area contributed by atoms with Crippen molar-refractivity contribution >= 4 is 28.9 Å². The monoisotopic (exact) mass is 461 g/mol. The van der Waals surface area contributed by atoms with Gasteiger partial charge in [-0.15, -0.1) is 0 Å². The van der Waals surface area contributed by atoms with E-state index in [1.807, 2.05) is 12.1 Å². The summed E-state index contributed by atoms with van der Waals surface area (Å²) in [6, 6.07) is 5.37. The molecule has 2 atom stereocenters. The van der Waals surface area contributed by atoms with Crippen molar-refractivity contribution in [1.29, 1.82) is 0 Å². The van der Waals surface area contributed by atoms with Gasteiger partial charge >= 0.3 is 0 Å². The highest BCUT2D eigenvalue weighted by Gasteiger charge is 2.31. The Morgan fingerprint density at radius 2 is 2.06 bits per heavy atom. The molecule has 1 aromatic heterocycles. The van der Waals surface area contributed by atoms with Gasteiger partial charge < -0.3 is 20.2 Å². The third kappa shape index (κ3) is 5.22. The van der Waals surface area contributed by atoms with Gasteiger partial charge in [0.25, 0.3) is 5.91 Å². The van der Waals surface area contributed by atoms with Crippen LogP contribution >= 0.6 is 0 Å². The molecule has 178 valence electrons. The van der Waals surface area contributed by atoms with Gasteiger partial charge in [0.2, 0.25) is 11.8 Å². The third-order valence-corrected chi connectivity index (χ3v) is 7.00. The molecule has 1 saturated heterocycles. The first-order chi connectivity index (χ1) is 16.5. The second kappa shape index (κ2) is 10.7. The molecule has 7 nitrogen and oxygen atoms in total. The van der Waals surface area contributed by atoms with Crippen molar-refractivity contribution < 1.29 is 19.1 Å². The summed E-state index contributed by atoms with van der Waals surface area (Å²) >= 11 is 0. The summed E-state index contributed by atoms with van der Waals surface area (Å²) in [5.41, 5.74) is 1.28. The highest BCUT2D eigenvalue weighted by atomic mass is 16.5. The SMILES string of the molecule is CCC1CC(=O)NC1COc1ncc(C#CC2CCC(C=O)CC2)c2cc(C(=O)NC)ccc12. The van der Waals surface area contributed by atoms with E-state index in [1.165, 1.54) is 0 Å². The lowest BCUT2D eigenvalue weighted by molar-refractivity contribution is -0.119. The molecular formula is C27H31N3O4. The summed E-state index contributed by atoms with van der Waals surface area (Å²) in [5.74, 6) is 7.64. The number of amides is 2. The standard InChI is InChI=1S/C27H31N3O4/c1-3-19-13-25(32)30-24(19)16-34-27-22-11-10-20(26(33)28-2)12-23(22)21(14-29-27)9-8-17-4-6-18(15-31)7-5-17/h10-12,14-15,17-19,24H,3-7,13,16H2,1-2H3,(H,28,33)(H,30,32). The fraction of sp³-hybridized carbons (Fsp3) is 0.481. The summed E-state index contributed by atoms with van der Waals surface area (Å²) in [7, 11) is 1.60. The summed E-state index contributed by atoms with van der Waals surface area (Å²) in [5, 5.41) is 7.24. The number of benzene rings is 1. The lowest BCUT2D eigenvalue weighted by Crippen LogP contribution is -2.34. The first kappa shape index (κ1) is 23.7. The van der Waals surface area contributed by atoms with E-state index >= 15 is 0 Å². The average molecular weight is 462 g/mol. The minimum absolute atomic E-state index is 0.0412. The number of ether oxygens (including phenoxy) is 1.